The van der Waals surface area contributed by atoms with E-state index in [2.05, 4.69) is 32.7 Å². The fraction of sp³-hybridized carbons (Fsp3) is 1.00. The van der Waals surface area contributed by atoms with Gasteiger partial charge in [0.2, 0.25) is 0 Å². The summed E-state index contributed by atoms with van der Waals surface area (Å²) < 4.78 is 5.37. The van der Waals surface area contributed by atoms with E-state index in [1.807, 2.05) is 0 Å². The fourth-order valence-electron chi connectivity index (χ4n) is 1.76. The monoisotopic (exact) mass is 187 g/mol. The highest BCUT2D eigenvalue weighted by Crippen LogP contribution is 2.19. The number of rotatable bonds is 2. The number of aliphatic hydroxyl groups excluding tert-OH is 1. The molecular weight excluding hydrogens is 166 g/mol. The molecule has 3 heteroatoms. The Morgan fingerprint density at radius 2 is 2.08 bits per heavy atom. The Hall–Kier alpha value is -0.120. The van der Waals surface area contributed by atoms with Crippen molar-refractivity contribution >= 4 is 0 Å². The van der Waals surface area contributed by atoms with Crippen LogP contribution in [0, 0.1) is 0 Å². The topological polar surface area (TPSA) is 32.7 Å². The van der Waals surface area contributed by atoms with E-state index in [1.54, 1.807) is 0 Å². The molecule has 0 amide bonds. The van der Waals surface area contributed by atoms with Crippen LogP contribution in [0.2, 0.25) is 0 Å². The number of aliphatic hydroxyl groups is 1. The maximum absolute atomic E-state index is 9.74. The van der Waals surface area contributed by atoms with Crippen LogP contribution in [-0.4, -0.2) is 48.0 Å². The molecule has 1 aliphatic heterocycles. The number of hydrogen-bond donors (Lipinski definition) is 1. The Balaban J connectivity index is 2.54. The van der Waals surface area contributed by atoms with Crippen molar-refractivity contribution in [2.45, 2.75) is 51.5 Å². The van der Waals surface area contributed by atoms with Crippen molar-refractivity contribution in [2.24, 2.45) is 0 Å². The molecule has 0 saturated carbocycles. The van der Waals surface area contributed by atoms with Crippen molar-refractivity contribution in [1.82, 2.24) is 4.90 Å². The molecule has 13 heavy (non-hydrogen) atoms. The smallest absolute Gasteiger partial charge is 0.0929 e. The van der Waals surface area contributed by atoms with Crippen LogP contribution in [0.5, 0.6) is 0 Å². The van der Waals surface area contributed by atoms with Crippen LogP contribution in [0.25, 0.3) is 0 Å². The van der Waals surface area contributed by atoms with Gasteiger partial charge < -0.3 is 9.84 Å². The first-order chi connectivity index (χ1) is 6.02. The summed E-state index contributed by atoms with van der Waals surface area (Å²) in [6.07, 6.45) is 0.869. The third kappa shape index (κ3) is 2.66. The standard InChI is InChI=1S/C10H21NO2/c1-7(2)11(4)9-5-8(3)13-6-10(9)12/h7-10,12H,5-6H2,1-4H3/t8-,9+,10+/m1/s1. The van der Waals surface area contributed by atoms with Crippen molar-refractivity contribution in [3.8, 4) is 0 Å². The normalized spacial score (nSPS) is 35.8. The summed E-state index contributed by atoms with van der Waals surface area (Å²) in [5, 5.41) is 9.74. The maximum Gasteiger partial charge on any atom is 0.0929 e. The zero-order valence-electron chi connectivity index (χ0n) is 9.03. The summed E-state index contributed by atoms with van der Waals surface area (Å²) in [4.78, 5) is 2.23. The highest BCUT2D eigenvalue weighted by Gasteiger charge is 2.31. The Labute approximate surface area is 80.7 Å². The van der Waals surface area contributed by atoms with Crippen LogP contribution < -0.4 is 0 Å². The molecule has 0 radical (unpaired) electrons. The summed E-state index contributed by atoms with van der Waals surface area (Å²) in [6.45, 7) is 6.83. The van der Waals surface area contributed by atoms with Crippen LogP contribution in [0.1, 0.15) is 27.2 Å². The predicted octanol–water partition coefficient (Wildman–Crippen LogP) is 0.865. The van der Waals surface area contributed by atoms with Gasteiger partial charge in [-0.25, -0.2) is 0 Å². The molecular formula is C10H21NO2. The first-order valence-corrected chi connectivity index (χ1v) is 5.04. The number of ether oxygens (including phenoxy) is 1. The lowest BCUT2D eigenvalue weighted by Gasteiger charge is -2.39. The zero-order chi connectivity index (χ0) is 10.0. The van der Waals surface area contributed by atoms with E-state index in [4.69, 9.17) is 4.74 Å². The molecule has 1 N–H and O–H groups in total. The molecule has 0 aromatic rings. The molecule has 0 unspecified atom stereocenters. The Kier molecular flexibility index (Phi) is 3.71. The number of hydrogen-bond acceptors (Lipinski definition) is 3. The first-order valence-electron chi connectivity index (χ1n) is 5.04. The average Bonchev–Trinajstić information content (AvgIpc) is 2.08. The first kappa shape index (κ1) is 11.0. The molecule has 0 aromatic heterocycles. The third-order valence-corrected chi connectivity index (χ3v) is 2.91. The van der Waals surface area contributed by atoms with Gasteiger partial charge in [0.1, 0.15) is 0 Å². The second-order valence-electron chi connectivity index (χ2n) is 4.27. The van der Waals surface area contributed by atoms with Crippen LogP contribution in [0.3, 0.4) is 0 Å². The van der Waals surface area contributed by atoms with Gasteiger partial charge >= 0.3 is 0 Å². The van der Waals surface area contributed by atoms with Gasteiger partial charge in [-0.15, -0.1) is 0 Å². The summed E-state index contributed by atoms with van der Waals surface area (Å²) in [5.74, 6) is 0. The zero-order valence-corrected chi connectivity index (χ0v) is 9.03. The van der Waals surface area contributed by atoms with Crippen LogP contribution in [0.4, 0.5) is 0 Å². The van der Waals surface area contributed by atoms with E-state index in [0.717, 1.165) is 6.42 Å². The van der Waals surface area contributed by atoms with E-state index < -0.39 is 0 Å². The SMILES string of the molecule is CC(C)N(C)[C@H]1C[C@@H](C)OC[C@@H]1O. The summed E-state index contributed by atoms with van der Waals surface area (Å²) in [6, 6.07) is 0.730. The lowest BCUT2D eigenvalue weighted by atomic mass is 9.99. The van der Waals surface area contributed by atoms with Crippen molar-refractivity contribution in [1.29, 1.82) is 0 Å². The van der Waals surface area contributed by atoms with E-state index >= 15 is 0 Å². The van der Waals surface area contributed by atoms with Crippen LogP contribution in [0.15, 0.2) is 0 Å². The van der Waals surface area contributed by atoms with Crippen LogP contribution in [-0.2, 0) is 4.74 Å². The Morgan fingerprint density at radius 1 is 1.46 bits per heavy atom. The van der Waals surface area contributed by atoms with E-state index in [9.17, 15) is 5.11 Å². The quantitative estimate of drug-likeness (QED) is 0.696. The molecule has 1 aliphatic rings. The number of nitrogens with zero attached hydrogens (tertiary/aromatic N) is 1. The average molecular weight is 187 g/mol. The predicted molar refractivity (Wildman–Crippen MR) is 52.7 cm³/mol. The van der Waals surface area contributed by atoms with Gasteiger partial charge in [-0.05, 0) is 34.2 Å². The van der Waals surface area contributed by atoms with Crippen molar-refractivity contribution < 1.29 is 9.84 Å². The fourth-order valence-corrected chi connectivity index (χ4v) is 1.76. The van der Waals surface area contributed by atoms with Crippen LogP contribution >= 0.6 is 0 Å². The summed E-state index contributed by atoms with van der Waals surface area (Å²) in [5.41, 5.74) is 0. The minimum Gasteiger partial charge on any atom is -0.389 e. The molecule has 1 fully saturated rings. The molecule has 0 spiro atoms. The second-order valence-corrected chi connectivity index (χ2v) is 4.27. The van der Waals surface area contributed by atoms with E-state index in [-0.39, 0.29) is 18.2 Å². The third-order valence-electron chi connectivity index (χ3n) is 2.91. The van der Waals surface area contributed by atoms with Crippen molar-refractivity contribution in [2.75, 3.05) is 13.7 Å². The molecule has 1 rings (SSSR count). The lowest BCUT2D eigenvalue weighted by molar-refractivity contribution is -0.0966. The summed E-state index contributed by atoms with van der Waals surface area (Å²) in [7, 11) is 2.07. The molecule has 1 heterocycles. The minimum atomic E-state index is -0.330. The highest BCUT2D eigenvalue weighted by atomic mass is 16.5. The van der Waals surface area contributed by atoms with Gasteiger partial charge in [0.25, 0.3) is 0 Å². The van der Waals surface area contributed by atoms with Gasteiger partial charge in [0.15, 0.2) is 0 Å². The van der Waals surface area contributed by atoms with Gasteiger partial charge in [-0.1, -0.05) is 0 Å². The van der Waals surface area contributed by atoms with Gasteiger partial charge in [-0.3, -0.25) is 4.90 Å². The molecule has 1 saturated heterocycles. The molecule has 3 nitrogen and oxygen atoms in total. The molecule has 0 aromatic carbocycles. The van der Waals surface area contributed by atoms with Gasteiger partial charge in [0.05, 0.1) is 18.8 Å². The second kappa shape index (κ2) is 4.40. The molecule has 0 aliphatic carbocycles. The van der Waals surface area contributed by atoms with E-state index in [0.29, 0.717) is 12.6 Å². The lowest BCUT2D eigenvalue weighted by Crippen LogP contribution is -2.51. The van der Waals surface area contributed by atoms with E-state index in [1.165, 1.54) is 0 Å². The Bertz CT molecular complexity index is 161. The van der Waals surface area contributed by atoms with Gasteiger partial charge in [-0.2, -0.15) is 0 Å². The summed E-state index contributed by atoms with van der Waals surface area (Å²) >= 11 is 0. The largest absolute Gasteiger partial charge is 0.389 e. The van der Waals surface area contributed by atoms with Crippen molar-refractivity contribution in [3.63, 3.8) is 0 Å². The van der Waals surface area contributed by atoms with Crippen molar-refractivity contribution in [3.05, 3.63) is 0 Å². The van der Waals surface area contributed by atoms with Gasteiger partial charge in [0, 0.05) is 12.1 Å². The Morgan fingerprint density at radius 3 is 2.62 bits per heavy atom. The molecule has 0 bridgehead atoms. The molecule has 3 atom stereocenters. The number of likely N-dealkylation sites (N-methyl/N-ethyl adjacent to an activating group) is 1. The molecule has 78 valence electrons. The highest BCUT2D eigenvalue weighted by molar-refractivity contribution is 4.84. The maximum atomic E-state index is 9.74. The minimum absolute atomic E-state index is 0.253.